The van der Waals surface area contributed by atoms with Gasteiger partial charge >= 0.3 is 6.18 Å². The summed E-state index contributed by atoms with van der Waals surface area (Å²) >= 11 is 0. The van der Waals surface area contributed by atoms with Crippen LogP contribution in [-0.4, -0.2) is 36.5 Å². The van der Waals surface area contributed by atoms with Crippen molar-refractivity contribution in [1.82, 2.24) is 4.90 Å². The summed E-state index contributed by atoms with van der Waals surface area (Å²) < 4.78 is 43.8. The molecule has 2 atom stereocenters. The Morgan fingerprint density at radius 2 is 2.19 bits per heavy atom. The van der Waals surface area contributed by atoms with Gasteiger partial charge in [-0.25, -0.2) is 0 Å². The van der Waals surface area contributed by atoms with Crippen LogP contribution in [0, 0.1) is 0 Å². The molecule has 1 aliphatic rings. The zero-order chi connectivity index (χ0) is 15.6. The van der Waals surface area contributed by atoms with Crippen LogP contribution in [-0.2, 0) is 15.7 Å². The van der Waals surface area contributed by atoms with E-state index in [1.165, 1.54) is 6.07 Å². The van der Waals surface area contributed by atoms with E-state index in [2.05, 4.69) is 0 Å². The lowest BCUT2D eigenvalue weighted by Gasteiger charge is -2.38. The smallest absolute Gasteiger partial charge is 0.370 e. The van der Waals surface area contributed by atoms with Gasteiger partial charge in [-0.05, 0) is 24.6 Å². The highest BCUT2D eigenvalue weighted by atomic mass is 19.4. The third-order valence-electron chi connectivity index (χ3n) is 3.51. The van der Waals surface area contributed by atoms with Gasteiger partial charge in [-0.3, -0.25) is 4.79 Å². The van der Waals surface area contributed by atoms with Gasteiger partial charge in [0.2, 0.25) is 5.91 Å². The minimum Gasteiger partial charge on any atom is -0.370 e. The van der Waals surface area contributed by atoms with Crippen LogP contribution >= 0.6 is 0 Å². The van der Waals surface area contributed by atoms with Gasteiger partial charge in [-0.2, -0.15) is 13.2 Å². The Morgan fingerprint density at radius 3 is 2.81 bits per heavy atom. The van der Waals surface area contributed by atoms with Gasteiger partial charge in [-0.15, -0.1) is 0 Å². The normalized spacial score (nSPS) is 23.2. The van der Waals surface area contributed by atoms with Gasteiger partial charge in [0.25, 0.3) is 0 Å². The van der Waals surface area contributed by atoms with Crippen molar-refractivity contribution in [3.8, 4) is 0 Å². The molecule has 1 amide bonds. The summed E-state index contributed by atoms with van der Waals surface area (Å²) in [5.41, 5.74) is 5.04. The predicted octanol–water partition coefficient (Wildman–Crippen LogP) is 1.95. The molecule has 1 aromatic carbocycles. The molecule has 7 heteroatoms. The maximum absolute atomic E-state index is 12.7. The summed E-state index contributed by atoms with van der Waals surface area (Å²) in [6.45, 7) is 2.17. The zero-order valence-corrected chi connectivity index (χ0v) is 11.6. The number of ether oxygens (including phenoxy) is 1. The highest BCUT2D eigenvalue weighted by Crippen LogP contribution is 2.32. The van der Waals surface area contributed by atoms with Crippen LogP contribution in [0.1, 0.15) is 24.2 Å². The number of hydrogen-bond acceptors (Lipinski definition) is 3. The van der Waals surface area contributed by atoms with E-state index < -0.39 is 17.8 Å². The average Bonchev–Trinajstić information content (AvgIpc) is 2.46. The minimum absolute atomic E-state index is 0.125. The number of rotatable bonds is 2. The lowest BCUT2D eigenvalue weighted by Crippen LogP contribution is -2.50. The summed E-state index contributed by atoms with van der Waals surface area (Å²) in [7, 11) is 0. The Balaban J connectivity index is 2.20. The molecule has 0 bridgehead atoms. The van der Waals surface area contributed by atoms with E-state index in [4.69, 9.17) is 10.5 Å². The van der Waals surface area contributed by atoms with Crippen LogP contribution in [0.25, 0.3) is 0 Å². The maximum Gasteiger partial charge on any atom is 0.416 e. The quantitative estimate of drug-likeness (QED) is 0.908. The number of nitrogens with zero attached hydrogens (tertiary/aromatic N) is 1. The fraction of sp³-hybridized carbons (Fsp3) is 0.500. The Morgan fingerprint density at radius 1 is 1.48 bits per heavy atom. The molecule has 2 rings (SSSR count). The molecule has 1 aliphatic heterocycles. The molecule has 1 saturated heterocycles. The third kappa shape index (κ3) is 3.54. The summed E-state index contributed by atoms with van der Waals surface area (Å²) in [4.78, 5) is 13.3. The van der Waals surface area contributed by atoms with E-state index >= 15 is 0 Å². The Kier molecular flexibility index (Phi) is 4.53. The maximum atomic E-state index is 12.7. The van der Waals surface area contributed by atoms with Crippen molar-refractivity contribution in [3.63, 3.8) is 0 Å². The third-order valence-corrected chi connectivity index (χ3v) is 3.51. The number of halogens is 3. The summed E-state index contributed by atoms with van der Waals surface area (Å²) in [5.74, 6) is -0.234. The van der Waals surface area contributed by atoms with Crippen LogP contribution < -0.4 is 5.73 Å². The Bertz CT molecular complexity index is 519. The molecule has 1 aromatic rings. The van der Waals surface area contributed by atoms with Crippen molar-refractivity contribution < 1.29 is 22.7 Å². The largest absolute Gasteiger partial charge is 0.416 e. The second-order valence-corrected chi connectivity index (χ2v) is 5.04. The summed E-state index contributed by atoms with van der Waals surface area (Å²) in [6, 6.07) is 4.85. The lowest BCUT2D eigenvalue weighted by molar-refractivity contribution is -0.143. The standard InChI is InChI=1S/C14H17F3N2O2/c1-9-8-21-12(7-19(9)13(20)6-18)10-3-2-4-11(5-10)14(15,16)17/h2-5,9,12H,6-8,18H2,1H3. The molecular weight excluding hydrogens is 285 g/mol. The number of morpholine rings is 1. The van der Waals surface area contributed by atoms with Gasteiger partial charge in [0, 0.05) is 0 Å². The predicted molar refractivity (Wildman–Crippen MR) is 70.4 cm³/mol. The van der Waals surface area contributed by atoms with Crippen molar-refractivity contribution >= 4 is 5.91 Å². The van der Waals surface area contributed by atoms with Crippen LogP contribution in [0.5, 0.6) is 0 Å². The molecule has 116 valence electrons. The fourth-order valence-corrected chi connectivity index (χ4v) is 2.34. The molecule has 1 fully saturated rings. The molecule has 0 radical (unpaired) electrons. The second-order valence-electron chi connectivity index (χ2n) is 5.04. The SMILES string of the molecule is CC1COC(c2cccc(C(F)(F)F)c2)CN1C(=O)CN. The van der Waals surface area contributed by atoms with Crippen LogP contribution in [0.2, 0.25) is 0 Å². The molecule has 4 nitrogen and oxygen atoms in total. The molecule has 2 N–H and O–H groups in total. The van der Waals surface area contributed by atoms with E-state index in [0.717, 1.165) is 12.1 Å². The average molecular weight is 302 g/mol. The first kappa shape index (κ1) is 15.8. The van der Waals surface area contributed by atoms with E-state index in [9.17, 15) is 18.0 Å². The van der Waals surface area contributed by atoms with Crippen molar-refractivity contribution in [2.45, 2.75) is 25.2 Å². The van der Waals surface area contributed by atoms with Crippen LogP contribution in [0.3, 0.4) is 0 Å². The van der Waals surface area contributed by atoms with Gasteiger partial charge < -0.3 is 15.4 Å². The van der Waals surface area contributed by atoms with Gasteiger partial charge in [0.05, 0.1) is 31.3 Å². The molecule has 2 unspecified atom stereocenters. The van der Waals surface area contributed by atoms with E-state index in [1.807, 2.05) is 6.92 Å². The number of carbonyl (C=O) groups excluding carboxylic acids is 1. The number of carbonyl (C=O) groups is 1. The molecule has 0 aromatic heterocycles. The molecule has 21 heavy (non-hydrogen) atoms. The number of hydrogen-bond donors (Lipinski definition) is 1. The first-order valence-electron chi connectivity index (χ1n) is 6.61. The highest BCUT2D eigenvalue weighted by Gasteiger charge is 2.33. The molecule has 1 heterocycles. The van der Waals surface area contributed by atoms with E-state index in [-0.39, 0.29) is 31.6 Å². The van der Waals surface area contributed by atoms with Gasteiger partial charge in [-0.1, -0.05) is 12.1 Å². The minimum atomic E-state index is -4.40. The second kappa shape index (κ2) is 6.03. The van der Waals surface area contributed by atoms with Crippen LogP contribution in [0.15, 0.2) is 24.3 Å². The van der Waals surface area contributed by atoms with Crippen LogP contribution in [0.4, 0.5) is 13.2 Å². The molecule has 0 aliphatic carbocycles. The van der Waals surface area contributed by atoms with Gasteiger partial charge in [0.15, 0.2) is 0 Å². The molecule has 0 spiro atoms. The monoisotopic (exact) mass is 302 g/mol. The summed E-state index contributed by atoms with van der Waals surface area (Å²) in [6.07, 6.45) is -4.97. The zero-order valence-electron chi connectivity index (χ0n) is 11.6. The Hall–Kier alpha value is -1.60. The topological polar surface area (TPSA) is 55.6 Å². The van der Waals surface area contributed by atoms with E-state index in [0.29, 0.717) is 5.56 Å². The Labute approximate surface area is 120 Å². The molecule has 0 saturated carbocycles. The van der Waals surface area contributed by atoms with Gasteiger partial charge in [0.1, 0.15) is 6.10 Å². The molecular formula is C14H17F3N2O2. The number of alkyl halides is 3. The number of amides is 1. The van der Waals surface area contributed by atoms with Crippen molar-refractivity contribution in [2.75, 3.05) is 19.7 Å². The van der Waals surface area contributed by atoms with Crippen molar-refractivity contribution in [1.29, 1.82) is 0 Å². The first-order chi connectivity index (χ1) is 9.82. The first-order valence-corrected chi connectivity index (χ1v) is 6.61. The van der Waals surface area contributed by atoms with Crippen molar-refractivity contribution in [2.24, 2.45) is 5.73 Å². The number of nitrogens with two attached hydrogens (primary N) is 1. The lowest BCUT2D eigenvalue weighted by atomic mass is 10.0. The highest BCUT2D eigenvalue weighted by molar-refractivity contribution is 5.78. The summed E-state index contributed by atoms with van der Waals surface area (Å²) in [5, 5.41) is 0. The van der Waals surface area contributed by atoms with Crippen molar-refractivity contribution in [3.05, 3.63) is 35.4 Å². The number of benzene rings is 1. The fourth-order valence-electron chi connectivity index (χ4n) is 2.34. The van der Waals surface area contributed by atoms with E-state index in [1.54, 1.807) is 11.0 Å².